The second-order valence-corrected chi connectivity index (χ2v) is 2.21. The maximum absolute atomic E-state index is 11.8. The van der Waals surface area contributed by atoms with E-state index in [2.05, 4.69) is 4.84 Å². The second-order valence-electron chi connectivity index (χ2n) is 2.21. The molecule has 0 aliphatic carbocycles. The molecular weight excluding hydrogens is 179 g/mol. The maximum atomic E-state index is 11.8. The molecule has 0 heterocycles. The van der Waals surface area contributed by atoms with Crippen LogP contribution in [0.2, 0.25) is 0 Å². The lowest BCUT2D eigenvalue weighted by molar-refractivity contribution is -0.249. The van der Waals surface area contributed by atoms with Crippen LogP contribution >= 0.6 is 0 Å². The van der Waals surface area contributed by atoms with Gasteiger partial charge in [0.2, 0.25) is 5.60 Å². The van der Waals surface area contributed by atoms with Crippen LogP contribution in [0.25, 0.3) is 0 Å². The van der Waals surface area contributed by atoms with Crippen LogP contribution in [0.15, 0.2) is 0 Å². The Bertz CT molecular complexity index is 177. The number of rotatable bonds is 2. The van der Waals surface area contributed by atoms with E-state index < -0.39 is 17.7 Å². The molecule has 0 bridgehead atoms. The Morgan fingerprint density at radius 2 is 1.92 bits per heavy atom. The van der Waals surface area contributed by atoms with Crippen LogP contribution in [-0.2, 0) is 9.63 Å². The summed E-state index contributed by atoms with van der Waals surface area (Å²) in [7, 11) is 0.963. The molecule has 7 heteroatoms. The molecule has 0 radical (unpaired) electrons. The summed E-state index contributed by atoms with van der Waals surface area (Å²) < 4.78 is 35.5. The third kappa shape index (κ3) is 2.08. The minimum atomic E-state index is -5.02. The standard InChI is InChI=1S/C5H8F3NO3/c1-4(11,5(6,7)8)3(10)9-12-2/h11H,1-2H3,(H,9,10). The van der Waals surface area contributed by atoms with Crippen molar-refractivity contribution in [1.29, 1.82) is 0 Å². The molecule has 0 aliphatic rings. The number of hydrogen-bond donors (Lipinski definition) is 2. The number of carbonyl (C=O) groups is 1. The molecular formula is C5H8F3NO3. The second kappa shape index (κ2) is 3.28. The molecule has 0 aromatic heterocycles. The number of carbonyl (C=O) groups excluding carboxylic acids is 1. The van der Waals surface area contributed by atoms with Crippen LogP contribution in [0.3, 0.4) is 0 Å². The van der Waals surface area contributed by atoms with E-state index in [9.17, 15) is 18.0 Å². The zero-order valence-corrected chi connectivity index (χ0v) is 6.40. The monoisotopic (exact) mass is 187 g/mol. The smallest absolute Gasteiger partial charge is 0.373 e. The summed E-state index contributed by atoms with van der Waals surface area (Å²) in [6, 6.07) is 0. The van der Waals surface area contributed by atoms with E-state index in [-0.39, 0.29) is 0 Å². The number of alkyl halides is 3. The minimum Gasteiger partial charge on any atom is -0.373 e. The van der Waals surface area contributed by atoms with Crippen LogP contribution in [-0.4, -0.2) is 29.9 Å². The van der Waals surface area contributed by atoms with Crippen LogP contribution in [0, 0.1) is 0 Å². The van der Waals surface area contributed by atoms with E-state index >= 15 is 0 Å². The fourth-order valence-electron chi connectivity index (χ4n) is 0.321. The largest absolute Gasteiger partial charge is 0.426 e. The van der Waals surface area contributed by atoms with E-state index in [0.29, 0.717) is 6.92 Å². The average Bonchev–Trinajstić information content (AvgIpc) is 1.85. The van der Waals surface area contributed by atoms with Gasteiger partial charge in [0.1, 0.15) is 0 Å². The molecule has 0 aliphatic heterocycles. The summed E-state index contributed by atoms with van der Waals surface area (Å²) in [5.41, 5.74) is -2.04. The Morgan fingerprint density at radius 1 is 1.50 bits per heavy atom. The molecule has 1 atom stereocenters. The summed E-state index contributed by atoms with van der Waals surface area (Å²) in [6.45, 7) is 0.335. The molecule has 0 rings (SSSR count). The van der Waals surface area contributed by atoms with Gasteiger partial charge in [-0.3, -0.25) is 9.63 Å². The van der Waals surface area contributed by atoms with E-state index in [0.717, 1.165) is 7.11 Å². The Kier molecular flexibility index (Phi) is 3.05. The van der Waals surface area contributed by atoms with Crippen LogP contribution in [0.5, 0.6) is 0 Å². The molecule has 4 nitrogen and oxygen atoms in total. The summed E-state index contributed by atoms with van der Waals surface area (Å²) in [5, 5.41) is 8.63. The van der Waals surface area contributed by atoms with Gasteiger partial charge in [-0.25, -0.2) is 5.48 Å². The first kappa shape index (κ1) is 11.2. The fraction of sp³-hybridized carbons (Fsp3) is 0.800. The molecule has 1 amide bonds. The number of nitrogens with one attached hydrogen (secondary N) is 1. The maximum Gasteiger partial charge on any atom is 0.426 e. The van der Waals surface area contributed by atoms with Gasteiger partial charge in [0.05, 0.1) is 7.11 Å². The van der Waals surface area contributed by atoms with Crippen molar-refractivity contribution in [1.82, 2.24) is 5.48 Å². The predicted molar refractivity (Wildman–Crippen MR) is 31.8 cm³/mol. The number of hydrogen-bond acceptors (Lipinski definition) is 3. The topological polar surface area (TPSA) is 58.6 Å². The average molecular weight is 187 g/mol. The van der Waals surface area contributed by atoms with Gasteiger partial charge in [0.25, 0.3) is 5.91 Å². The van der Waals surface area contributed by atoms with Crippen LogP contribution in [0.4, 0.5) is 13.2 Å². The predicted octanol–water partition coefficient (Wildman–Crippen LogP) is -0.0227. The molecule has 0 aromatic rings. The highest BCUT2D eigenvalue weighted by molar-refractivity contribution is 5.84. The molecule has 0 aromatic carbocycles. The normalized spacial score (nSPS) is 16.8. The number of halogens is 3. The lowest BCUT2D eigenvalue weighted by atomic mass is 10.1. The zero-order valence-electron chi connectivity index (χ0n) is 6.40. The number of amides is 1. The van der Waals surface area contributed by atoms with Crippen molar-refractivity contribution in [2.24, 2.45) is 0 Å². The summed E-state index contributed by atoms with van der Waals surface area (Å²) >= 11 is 0. The highest BCUT2D eigenvalue weighted by Gasteiger charge is 2.55. The first-order valence-corrected chi connectivity index (χ1v) is 2.86. The third-order valence-electron chi connectivity index (χ3n) is 1.19. The molecule has 0 saturated carbocycles. The van der Waals surface area contributed by atoms with Gasteiger partial charge in [-0.05, 0) is 6.92 Å². The van der Waals surface area contributed by atoms with Gasteiger partial charge in [-0.1, -0.05) is 0 Å². The first-order chi connectivity index (χ1) is 5.23. The van der Waals surface area contributed by atoms with Crippen molar-refractivity contribution in [3.8, 4) is 0 Å². The van der Waals surface area contributed by atoms with Gasteiger partial charge in [-0.15, -0.1) is 0 Å². The van der Waals surface area contributed by atoms with Crippen molar-refractivity contribution < 1.29 is 27.9 Å². The van der Waals surface area contributed by atoms with Gasteiger partial charge >= 0.3 is 6.18 Å². The number of hydroxylamine groups is 1. The van der Waals surface area contributed by atoms with E-state index in [4.69, 9.17) is 5.11 Å². The Labute approximate surface area is 66.3 Å². The molecule has 0 spiro atoms. The number of aliphatic hydroxyl groups is 1. The Balaban J connectivity index is 4.50. The molecule has 2 N–H and O–H groups in total. The van der Waals surface area contributed by atoms with E-state index in [1.807, 2.05) is 0 Å². The SMILES string of the molecule is CONC(=O)C(C)(O)C(F)(F)F. The zero-order chi connectivity index (χ0) is 9.99. The summed E-state index contributed by atoms with van der Waals surface area (Å²) in [4.78, 5) is 14.4. The minimum absolute atomic E-state index is 0.335. The molecule has 12 heavy (non-hydrogen) atoms. The fourth-order valence-corrected chi connectivity index (χ4v) is 0.321. The summed E-state index contributed by atoms with van der Waals surface area (Å²) in [5.74, 6) is -1.66. The van der Waals surface area contributed by atoms with Crippen molar-refractivity contribution in [3.63, 3.8) is 0 Å². The quantitative estimate of drug-likeness (QED) is 0.597. The van der Waals surface area contributed by atoms with Gasteiger partial charge in [0.15, 0.2) is 0 Å². The van der Waals surface area contributed by atoms with Gasteiger partial charge < -0.3 is 5.11 Å². The highest BCUT2D eigenvalue weighted by atomic mass is 19.4. The van der Waals surface area contributed by atoms with Crippen molar-refractivity contribution in [3.05, 3.63) is 0 Å². The molecule has 1 unspecified atom stereocenters. The van der Waals surface area contributed by atoms with Crippen molar-refractivity contribution in [2.45, 2.75) is 18.7 Å². The summed E-state index contributed by atoms with van der Waals surface area (Å²) in [6.07, 6.45) is -5.02. The lowest BCUT2D eigenvalue weighted by Gasteiger charge is -2.23. The Hall–Kier alpha value is -0.820. The lowest BCUT2D eigenvalue weighted by Crippen LogP contribution is -2.54. The third-order valence-corrected chi connectivity index (χ3v) is 1.19. The van der Waals surface area contributed by atoms with Crippen molar-refractivity contribution in [2.75, 3.05) is 7.11 Å². The van der Waals surface area contributed by atoms with Crippen molar-refractivity contribution >= 4 is 5.91 Å². The van der Waals surface area contributed by atoms with E-state index in [1.165, 1.54) is 5.48 Å². The van der Waals surface area contributed by atoms with Crippen LogP contribution in [0.1, 0.15) is 6.92 Å². The Morgan fingerprint density at radius 3 is 2.17 bits per heavy atom. The highest BCUT2D eigenvalue weighted by Crippen LogP contribution is 2.29. The van der Waals surface area contributed by atoms with E-state index in [1.54, 1.807) is 0 Å². The molecule has 0 fully saturated rings. The molecule has 72 valence electrons. The van der Waals surface area contributed by atoms with Gasteiger partial charge in [0, 0.05) is 0 Å². The first-order valence-electron chi connectivity index (χ1n) is 2.86. The van der Waals surface area contributed by atoms with Crippen LogP contribution < -0.4 is 5.48 Å². The van der Waals surface area contributed by atoms with Gasteiger partial charge in [-0.2, -0.15) is 13.2 Å². The molecule has 0 saturated heterocycles.